The molecule has 2 rings (SSSR count). The molecule has 0 aliphatic heterocycles. The minimum Gasteiger partial charge on any atom is -0.269 e. The van der Waals surface area contributed by atoms with Crippen LogP contribution in [0.2, 0.25) is 0 Å². The Morgan fingerprint density at radius 2 is 1.86 bits per heavy atom. The highest BCUT2D eigenvalue weighted by Crippen LogP contribution is 2.17. The number of rotatable bonds is 1. The number of benzene rings is 1. The fourth-order valence-corrected chi connectivity index (χ4v) is 1.07. The first kappa shape index (κ1) is 9.88. The summed E-state index contributed by atoms with van der Waals surface area (Å²) in [5.41, 5.74) is 10.3. The Morgan fingerprint density at radius 1 is 1.14 bits per heavy atom. The summed E-state index contributed by atoms with van der Waals surface area (Å²) in [6, 6.07) is 5.17. The largest absolute Gasteiger partial charge is 0.269 e. The molecular formula is C8H6FN5. The van der Waals surface area contributed by atoms with Crippen molar-refractivity contribution in [3.63, 3.8) is 0 Å². The zero-order valence-electron chi connectivity index (χ0n) is 7.03. The lowest BCUT2D eigenvalue weighted by Crippen LogP contribution is -1.79. The van der Waals surface area contributed by atoms with Crippen LogP contribution >= 0.6 is 0 Å². The first-order valence-electron chi connectivity index (χ1n) is 3.66. The van der Waals surface area contributed by atoms with Gasteiger partial charge < -0.3 is 0 Å². The average Bonchev–Trinajstić information content (AvgIpc) is 2.18. The highest BCUT2D eigenvalue weighted by Gasteiger charge is 1.94. The summed E-state index contributed by atoms with van der Waals surface area (Å²) in [7, 11) is 0. The van der Waals surface area contributed by atoms with Gasteiger partial charge in [-0.2, -0.15) is 0 Å². The van der Waals surface area contributed by atoms with Crippen molar-refractivity contribution in [1.82, 2.24) is 9.97 Å². The highest BCUT2D eigenvalue weighted by molar-refractivity contribution is 5.77. The fourth-order valence-electron chi connectivity index (χ4n) is 1.07. The third-order valence-electron chi connectivity index (χ3n) is 1.61. The molecule has 0 radical (unpaired) electrons. The highest BCUT2D eigenvalue weighted by atomic mass is 19.0. The summed E-state index contributed by atoms with van der Waals surface area (Å²) in [5, 5.41) is 3.47. The Kier molecular flexibility index (Phi) is 2.93. The number of azide groups is 1. The summed E-state index contributed by atoms with van der Waals surface area (Å²) in [5.74, 6) is 0. The number of fused-ring (bicyclic) bond motifs is 1. The molecule has 1 aromatic carbocycles. The van der Waals surface area contributed by atoms with E-state index in [1.807, 2.05) is 0 Å². The van der Waals surface area contributed by atoms with Crippen LogP contribution in [-0.4, -0.2) is 9.97 Å². The lowest BCUT2D eigenvalue weighted by molar-refractivity contribution is 1.11. The van der Waals surface area contributed by atoms with Crippen LogP contribution < -0.4 is 0 Å². The van der Waals surface area contributed by atoms with E-state index in [2.05, 4.69) is 20.0 Å². The van der Waals surface area contributed by atoms with Gasteiger partial charge in [-0.3, -0.25) is 14.7 Å². The molecule has 0 N–H and O–H groups in total. The number of halogens is 1. The van der Waals surface area contributed by atoms with E-state index < -0.39 is 0 Å². The van der Waals surface area contributed by atoms with Gasteiger partial charge in [-0.15, -0.1) is 0 Å². The molecule has 0 unspecified atom stereocenters. The van der Waals surface area contributed by atoms with Crippen molar-refractivity contribution >= 4 is 16.7 Å². The summed E-state index contributed by atoms with van der Waals surface area (Å²) in [6.07, 6.45) is 3.22. The van der Waals surface area contributed by atoms with Crippen LogP contribution in [0.1, 0.15) is 0 Å². The van der Waals surface area contributed by atoms with Crippen molar-refractivity contribution in [2.75, 3.05) is 0 Å². The Balaban J connectivity index is 0.000000980. The van der Waals surface area contributed by atoms with Crippen LogP contribution in [0, 0.1) is 0 Å². The van der Waals surface area contributed by atoms with Crippen molar-refractivity contribution in [3.8, 4) is 0 Å². The second kappa shape index (κ2) is 4.15. The van der Waals surface area contributed by atoms with E-state index in [4.69, 9.17) is 5.53 Å². The molecule has 0 amide bonds. The van der Waals surface area contributed by atoms with E-state index in [1.54, 1.807) is 30.6 Å². The molecule has 2 aromatic rings. The average molecular weight is 191 g/mol. The molecule has 0 fully saturated rings. The van der Waals surface area contributed by atoms with Gasteiger partial charge >= 0.3 is 0 Å². The SMILES string of the molecule is F.[N-]=[N+]=Nc1ccc2nccnc2c1. The first-order valence-corrected chi connectivity index (χ1v) is 3.66. The van der Waals surface area contributed by atoms with E-state index in [-0.39, 0.29) is 4.70 Å². The lowest BCUT2D eigenvalue weighted by atomic mass is 10.3. The quantitative estimate of drug-likeness (QED) is 0.394. The molecule has 0 bridgehead atoms. The minimum atomic E-state index is 0. The van der Waals surface area contributed by atoms with Crippen LogP contribution in [-0.2, 0) is 0 Å². The summed E-state index contributed by atoms with van der Waals surface area (Å²) >= 11 is 0. The molecule has 5 nitrogen and oxygen atoms in total. The number of aromatic nitrogens is 2. The Labute approximate surface area is 78.4 Å². The Morgan fingerprint density at radius 3 is 2.57 bits per heavy atom. The normalized spacial score (nSPS) is 8.86. The van der Waals surface area contributed by atoms with E-state index in [9.17, 15) is 0 Å². The van der Waals surface area contributed by atoms with Crippen molar-refractivity contribution in [1.29, 1.82) is 0 Å². The number of nitrogens with zero attached hydrogens (tertiary/aromatic N) is 5. The molecule has 6 heteroatoms. The molecule has 1 aromatic heterocycles. The fraction of sp³-hybridized carbons (Fsp3) is 0. The minimum absolute atomic E-state index is 0. The second-order valence-corrected chi connectivity index (χ2v) is 2.42. The topological polar surface area (TPSA) is 74.5 Å². The molecule has 0 atom stereocenters. The Bertz CT molecular complexity index is 492. The molecule has 0 saturated heterocycles. The smallest absolute Gasteiger partial charge is 0.0891 e. The van der Waals surface area contributed by atoms with Crippen LogP contribution in [0.5, 0.6) is 0 Å². The Hall–Kier alpha value is -2.20. The standard InChI is InChI=1S/C8H5N5.FH/c9-13-12-6-1-2-7-8(5-6)11-4-3-10-7;/h1-5H;1H. The summed E-state index contributed by atoms with van der Waals surface area (Å²) in [4.78, 5) is 10.9. The van der Waals surface area contributed by atoms with E-state index >= 15 is 0 Å². The molecular weight excluding hydrogens is 185 g/mol. The zero-order valence-corrected chi connectivity index (χ0v) is 7.03. The molecule has 0 saturated carbocycles. The molecule has 70 valence electrons. The summed E-state index contributed by atoms with van der Waals surface area (Å²) < 4.78 is 0. The van der Waals surface area contributed by atoms with Gasteiger partial charge in [-0.05, 0) is 17.7 Å². The first-order chi connectivity index (χ1) is 6.40. The van der Waals surface area contributed by atoms with Gasteiger partial charge in [0.15, 0.2) is 0 Å². The lowest BCUT2D eigenvalue weighted by Gasteiger charge is -1.95. The van der Waals surface area contributed by atoms with Gasteiger partial charge in [0.2, 0.25) is 0 Å². The maximum absolute atomic E-state index is 8.21. The van der Waals surface area contributed by atoms with Gasteiger partial charge in [0, 0.05) is 23.0 Å². The van der Waals surface area contributed by atoms with Crippen LogP contribution in [0.15, 0.2) is 35.7 Å². The van der Waals surface area contributed by atoms with E-state index in [0.717, 1.165) is 11.0 Å². The van der Waals surface area contributed by atoms with Crippen molar-refractivity contribution in [2.24, 2.45) is 5.11 Å². The van der Waals surface area contributed by atoms with Gasteiger partial charge in [-0.25, -0.2) is 0 Å². The van der Waals surface area contributed by atoms with Crippen molar-refractivity contribution < 1.29 is 4.70 Å². The van der Waals surface area contributed by atoms with E-state index in [0.29, 0.717) is 5.69 Å². The molecule has 0 aliphatic carbocycles. The van der Waals surface area contributed by atoms with Crippen molar-refractivity contribution in [2.45, 2.75) is 0 Å². The molecule has 0 spiro atoms. The predicted octanol–water partition coefficient (Wildman–Crippen LogP) is 2.72. The third-order valence-corrected chi connectivity index (χ3v) is 1.61. The zero-order chi connectivity index (χ0) is 9.10. The van der Waals surface area contributed by atoms with Gasteiger partial charge in [-0.1, -0.05) is 11.2 Å². The maximum Gasteiger partial charge on any atom is 0.0891 e. The van der Waals surface area contributed by atoms with Gasteiger partial charge in [0.05, 0.1) is 11.0 Å². The van der Waals surface area contributed by atoms with Crippen LogP contribution in [0.3, 0.4) is 0 Å². The van der Waals surface area contributed by atoms with Gasteiger partial charge in [0.1, 0.15) is 0 Å². The van der Waals surface area contributed by atoms with Crippen molar-refractivity contribution in [3.05, 3.63) is 41.0 Å². The van der Waals surface area contributed by atoms with Crippen LogP contribution in [0.4, 0.5) is 10.4 Å². The van der Waals surface area contributed by atoms with Gasteiger partial charge in [0.25, 0.3) is 0 Å². The van der Waals surface area contributed by atoms with E-state index in [1.165, 1.54) is 0 Å². The second-order valence-electron chi connectivity index (χ2n) is 2.42. The number of hydrogen-bond donors (Lipinski definition) is 0. The molecule has 0 aliphatic rings. The predicted molar refractivity (Wildman–Crippen MR) is 50.8 cm³/mol. The number of hydrogen-bond acceptors (Lipinski definition) is 3. The molecule has 1 heterocycles. The third kappa shape index (κ3) is 1.75. The maximum atomic E-state index is 8.21. The monoisotopic (exact) mass is 191 g/mol. The van der Waals surface area contributed by atoms with Crippen LogP contribution in [0.25, 0.3) is 21.5 Å². The summed E-state index contributed by atoms with van der Waals surface area (Å²) in [6.45, 7) is 0. The molecule has 14 heavy (non-hydrogen) atoms.